The minimum atomic E-state index is -1.17. The van der Waals surface area contributed by atoms with Gasteiger partial charge in [0.2, 0.25) is 11.8 Å². The fourth-order valence-corrected chi connectivity index (χ4v) is 3.97. The number of benzene rings is 3. The lowest BCUT2D eigenvalue weighted by atomic mass is 10.2. The first-order valence-electron chi connectivity index (χ1n) is 9.88. The summed E-state index contributed by atoms with van der Waals surface area (Å²) >= 11 is 0. The van der Waals surface area contributed by atoms with Crippen molar-refractivity contribution in [2.75, 3.05) is 5.32 Å². The third-order valence-corrected chi connectivity index (χ3v) is 5.87. The van der Waals surface area contributed by atoms with Gasteiger partial charge in [0.25, 0.3) is 0 Å². The van der Waals surface area contributed by atoms with Gasteiger partial charge in [-0.3, -0.25) is 13.8 Å². The summed E-state index contributed by atoms with van der Waals surface area (Å²) in [4.78, 5) is 25.3. The molecule has 2 N–H and O–H groups in total. The van der Waals surface area contributed by atoms with Crippen LogP contribution in [0.1, 0.15) is 18.1 Å². The van der Waals surface area contributed by atoms with Gasteiger partial charge in [-0.15, -0.1) is 0 Å². The smallest absolute Gasteiger partial charge is 0.246 e. The molecule has 0 spiro atoms. The molecule has 2 amide bonds. The van der Waals surface area contributed by atoms with Crippen molar-refractivity contribution in [2.24, 2.45) is 0 Å². The lowest BCUT2D eigenvalue weighted by Crippen LogP contribution is -2.40. The highest BCUT2D eigenvalue weighted by Crippen LogP contribution is 2.16. The standard InChI is InChI=1S/C25H24N2O3S/c1-19(26-24(28)16-15-20-9-4-2-5-10-20)25(29)27-22-12-8-11-21(17-22)18-31(30)23-13-6-3-7-14-23/h2-17,19H,18H2,1H3,(H,26,28)(H,27,29)/b16-15+. The second-order valence-corrected chi connectivity index (χ2v) is 8.42. The van der Waals surface area contributed by atoms with Gasteiger partial charge in [-0.25, -0.2) is 0 Å². The van der Waals surface area contributed by atoms with Crippen LogP contribution in [-0.4, -0.2) is 22.1 Å². The van der Waals surface area contributed by atoms with Gasteiger partial charge in [-0.2, -0.15) is 0 Å². The fourth-order valence-electron chi connectivity index (χ4n) is 2.86. The number of hydrogen-bond acceptors (Lipinski definition) is 3. The van der Waals surface area contributed by atoms with Crippen LogP contribution in [0.5, 0.6) is 0 Å². The summed E-state index contributed by atoms with van der Waals surface area (Å²) < 4.78 is 12.5. The molecule has 0 aliphatic rings. The minimum absolute atomic E-state index is 0.331. The molecule has 0 fully saturated rings. The Morgan fingerprint density at radius 3 is 2.32 bits per heavy atom. The minimum Gasteiger partial charge on any atom is -0.341 e. The van der Waals surface area contributed by atoms with E-state index >= 15 is 0 Å². The molecular weight excluding hydrogens is 408 g/mol. The van der Waals surface area contributed by atoms with E-state index in [9.17, 15) is 13.8 Å². The van der Waals surface area contributed by atoms with E-state index in [0.717, 1.165) is 16.0 Å². The highest BCUT2D eigenvalue weighted by molar-refractivity contribution is 7.84. The molecule has 0 aliphatic carbocycles. The normalized spacial score (nSPS) is 12.8. The number of amides is 2. The van der Waals surface area contributed by atoms with E-state index in [1.54, 1.807) is 31.2 Å². The first kappa shape index (κ1) is 22.2. The van der Waals surface area contributed by atoms with E-state index in [1.165, 1.54) is 6.08 Å². The van der Waals surface area contributed by atoms with Crippen LogP contribution in [-0.2, 0) is 26.1 Å². The monoisotopic (exact) mass is 432 g/mol. The van der Waals surface area contributed by atoms with Crippen LogP contribution in [0.2, 0.25) is 0 Å². The predicted octanol–water partition coefficient (Wildman–Crippen LogP) is 4.15. The number of rotatable bonds is 8. The fraction of sp³-hybridized carbons (Fsp3) is 0.120. The Labute approximate surface area is 184 Å². The van der Waals surface area contributed by atoms with E-state index in [0.29, 0.717) is 11.4 Å². The highest BCUT2D eigenvalue weighted by Gasteiger charge is 2.15. The predicted molar refractivity (Wildman–Crippen MR) is 125 cm³/mol. The number of carbonyl (C=O) groups is 2. The lowest BCUT2D eigenvalue weighted by Gasteiger charge is -2.13. The van der Waals surface area contributed by atoms with Gasteiger partial charge in [0.15, 0.2) is 0 Å². The third kappa shape index (κ3) is 7.04. The van der Waals surface area contributed by atoms with Gasteiger partial charge >= 0.3 is 0 Å². The van der Waals surface area contributed by atoms with Crippen molar-refractivity contribution in [3.8, 4) is 0 Å². The summed E-state index contributed by atoms with van der Waals surface area (Å²) in [6.07, 6.45) is 3.09. The van der Waals surface area contributed by atoms with Crippen molar-refractivity contribution in [1.82, 2.24) is 5.32 Å². The highest BCUT2D eigenvalue weighted by atomic mass is 32.2. The molecule has 0 saturated carbocycles. The van der Waals surface area contributed by atoms with Gasteiger partial charge < -0.3 is 10.6 Å². The molecule has 3 rings (SSSR count). The zero-order valence-electron chi connectivity index (χ0n) is 17.2. The molecule has 3 aromatic carbocycles. The zero-order valence-corrected chi connectivity index (χ0v) is 18.0. The summed E-state index contributed by atoms with van der Waals surface area (Å²) in [5.74, 6) is -0.328. The van der Waals surface area contributed by atoms with E-state index < -0.39 is 16.8 Å². The van der Waals surface area contributed by atoms with Gasteiger partial charge in [0.1, 0.15) is 6.04 Å². The summed E-state index contributed by atoms with van der Waals surface area (Å²) in [7, 11) is -1.17. The van der Waals surface area contributed by atoms with E-state index in [4.69, 9.17) is 0 Å². The summed E-state index contributed by atoms with van der Waals surface area (Å²) in [5, 5.41) is 5.45. The van der Waals surface area contributed by atoms with Crippen molar-refractivity contribution in [3.05, 3.63) is 102 Å². The first-order chi connectivity index (χ1) is 15.0. The molecule has 0 saturated heterocycles. The molecule has 158 valence electrons. The Morgan fingerprint density at radius 2 is 1.61 bits per heavy atom. The van der Waals surface area contributed by atoms with Gasteiger partial charge in [0.05, 0.1) is 16.6 Å². The Balaban J connectivity index is 1.54. The van der Waals surface area contributed by atoms with Gasteiger partial charge in [-0.05, 0) is 48.4 Å². The Kier molecular flexibility index (Phi) is 7.90. The van der Waals surface area contributed by atoms with Crippen LogP contribution in [0.4, 0.5) is 5.69 Å². The largest absolute Gasteiger partial charge is 0.341 e. The number of nitrogens with one attached hydrogen (secondary N) is 2. The van der Waals surface area contributed by atoms with Crippen LogP contribution in [0.15, 0.2) is 95.9 Å². The van der Waals surface area contributed by atoms with E-state index in [2.05, 4.69) is 10.6 Å². The summed E-state index contributed by atoms with van der Waals surface area (Å²) in [5.41, 5.74) is 2.34. The Bertz CT molecular complexity index is 1080. The maximum Gasteiger partial charge on any atom is 0.246 e. The lowest BCUT2D eigenvalue weighted by molar-refractivity contribution is -0.123. The Morgan fingerprint density at radius 1 is 0.935 bits per heavy atom. The maximum atomic E-state index is 12.5. The summed E-state index contributed by atoms with van der Waals surface area (Å²) in [6, 6.07) is 25.2. The molecule has 5 nitrogen and oxygen atoms in total. The van der Waals surface area contributed by atoms with Gasteiger partial charge in [0, 0.05) is 16.7 Å². The number of anilines is 1. The van der Waals surface area contributed by atoms with Crippen LogP contribution < -0.4 is 10.6 Å². The first-order valence-corrected chi connectivity index (χ1v) is 11.2. The average molecular weight is 433 g/mol. The maximum absolute atomic E-state index is 12.5. The second kappa shape index (κ2) is 11.0. The molecule has 0 radical (unpaired) electrons. The number of hydrogen-bond donors (Lipinski definition) is 2. The van der Waals surface area contributed by atoms with Crippen molar-refractivity contribution in [3.63, 3.8) is 0 Å². The number of carbonyl (C=O) groups excluding carboxylic acids is 2. The molecule has 3 aromatic rings. The summed E-state index contributed by atoms with van der Waals surface area (Å²) in [6.45, 7) is 1.62. The molecule has 2 atom stereocenters. The molecule has 0 aromatic heterocycles. The van der Waals surface area contributed by atoms with Crippen molar-refractivity contribution in [2.45, 2.75) is 23.6 Å². The SMILES string of the molecule is CC(NC(=O)/C=C/c1ccccc1)C(=O)Nc1cccc(CS(=O)c2ccccc2)c1. The third-order valence-electron chi connectivity index (χ3n) is 4.48. The molecule has 6 heteroatoms. The average Bonchev–Trinajstić information content (AvgIpc) is 2.79. The van der Waals surface area contributed by atoms with Gasteiger partial charge in [-0.1, -0.05) is 60.7 Å². The van der Waals surface area contributed by atoms with Crippen LogP contribution in [0.3, 0.4) is 0 Å². The van der Waals surface area contributed by atoms with Crippen molar-refractivity contribution < 1.29 is 13.8 Å². The van der Waals surface area contributed by atoms with Crippen molar-refractivity contribution in [1.29, 1.82) is 0 Å². The molecule has 2 unspecified atom stereocenters. The van der Waals surface area contributed by atoms with E-state index in [1.807, 2.05) is 66.7 Å². The molecule has 0 heterocycles. The van der Waals surface area contributed by atoms with Crippen LogP contribution >= 0.6 is 0 Å². The van der Waals surface area contributed by atoms with Crippen molar-refractivity contribution >= 4 is 34.4 Å². The topological polar surface area (TPSA) is 75.3 Å². The zero-order chi connectivity index (χ0) is 22.1. The Hall–Kier alpha value is -3.51. The molecule has 0 aliphatic heterocycles. The van der Waals surface area contributed by atoms with Crippen LogP contribution in [0.25, 0.3) is 6.08 Å². The van der Waals surface area contributed by atoms with Crippen LogP contribution in [0, 0.1) is 0 Å². The molecule has 0 bridgehead atoms. The second-order valence-electron chi connectivity index (χ2n) is 6.97. The molecule has 31 heavy (non-hydrogen) atoms. The quantitative estimate of drug-likeness (QED) is 0.525. The molecular formula is C25H24N2O3S. The van der Waals surface area contributed by atoms with E-state index in [-0.39, 0.29) is 11.8 Å².